The second kappa shape index (κ2) is 7.93. The van der Waals surface area contributed by atoms with Crippen LogP contribution < -0.4 is 10.0 Å². The third-order valence-corrected chi connectivity index (χ3v) is 6.19. The number of anilines is 1. The van der Waals surface area contributed by atoms with Crippen molar-refractivity contribution in [3.8, 4) is 11.4 Å². The third-order valence-electron chi connectivity index (χ3n) is 4.91. The maximum absolute atomic E-state index is 13.0. The number of nitrogens with zero attached hydrogens (tertiary/aromatic N) is 4. The van der Waals surface area contributed by atoms with Crippen molar-refractivity contribution in [2.75, 3.05) is 12.4 Å². The van der Waals surface area contributed by atoms with Crippen LogP contribution >= 0.6 is 0 Å². The number of sulfonamides is 1. The highest BCUT2D eigenvalue weighted by Crippen LogP contribution is 2.30. The first-order chi connectivity index (χ1) is 14.7. The van der Waals surface area contributed by atoms with Gasteiger partial charge in [0.25, 0.3) is 10.0 Å². The van der Waals surface area contributed by atoms with Crippen LogP contribution in [0.4, 0.5) is 19.0 Å². The molecule has 0 fully saturated rings. The number of halogens is 3. The van der Waals surface area contributed by atoms with Gasteiger partial charge in [0, 0.05) is 25.7 Å². The van der Waals surface area contributed by atoms with Crippen LogP contribution in [0.5, 0.6) is 0 Å². The van der Waals surface area contributed by atoms with Crippen molar-refractivity contribution in [1.82, 2.24) is 24.2 Å². The fourth-order valence-electron chi connectivity index (χ4n) is 3.33. The van der Waals surface area contributed by atoms with E-state index in [1.807, 2.05) is 4.57 Å². The molecule has 0 radical (unpaired) electrons. The molecule has 3 heterocycles. The Morgan fingerprint density at radius 2 is 2.03 bits per heavy atom. The standard InChI is InChI=1S/C19H19F3N6O2S/c1-23-31(29,30)16-10-25-18(17(27-16)14-11-28-7-3-6-15(28)26-14)24-9-12-4-2-5-13(8-12)19(20,21)22/h2,4-5,8,10-11,23H,3,6-7,9H2,1H3,(H,24,25). The minimum absolute atomic E-state index is 0.0390. The van der Waals surface area contributed by atoms with Gasteiger partial charge in [-0.15, -0.1) is 0 Å². The van der Waals surface area contributed by atoms with E-state index in [4.69, 9.17) is 0 Å². The second-order valence-corrected chi connectivity index (χ2v) is 8.84. The molecule has 0 unspecified atom stereocenters. The fraction of sp³-hybridized carbons (Fsp3) is 0.316. The van der Waals surface area contributed by atoms with Gasteiger partial charge in [0.05, 0.1) is 11.8 Å². The van der Waals surface area contributed by atoms with Crippen LogP contribution in [0.3, 0.4) is 0 Å². The first kappa shape index (κ1) is 21.2. The van der Waals surface area contributed by atoms with Crippen LogP contribution in [0.25, 0.3) is 11.4 Å². The summed E-state index contributed by atoms with van der Waals surface area (Å²) in [4.78, 5) is 12.9. The summed E-state index contributed by atoms with van der Waals surface area (Å²) in [6, 6.07) is 4.93. The van der Waals surface area contributed by atoms with E-state index in [9.17, 15) is 21.6 Å². The van der Waals surface area contributed by atoms with E-state index < -0.39 is 21.8 Å². The molecule has 0 saturated carbocycles. The summed E-state index contributed by atoms with van der Waals surface area (Å²) >= 11 is 0. The minimum atomic E-state index is -4.44. The average molecular weight is 452 g/mol. The largest absolute Gasteiger partial charge is 0.416 e. The van der Waals surface area contributed by atoms with Gasteiger partial charge in [-0.05, 0) is 31.2 Å². The molecule has 3 aromatic rings. The average Bonchev–Trinajstić information content (AvgIpc) is 3.34. The Kier molecular flexibility index (Phi) is 5.43. The smallest absolute Gasteiger partial charge is 0.364 e. The zero-order chi connectivity index (χ0) is 22.2. The zero-order valence-corrected chi connectivity index (χ0v) is 17.3. The van der Waals surface area contributed by atoms with Gasteiger partial charge in [0.15, 0.2) is 10.8 Å². The molecule has 0 aliphatic carbocycles. The van der Waals surface area contributed by atoms with Gasteiger partial charge in [-0.3, -0.25) is 0 Å². The number of imidazole rings is 1. The number of hydrogen-bond acceptors (Lipinski definition) is 6. The molecule has 12 heteroatoms. The van der Waals surface area contributed by atoms with Gasteiger partial charge in [0.1, 0.15) is 17.2 Å². The van der Waals surface area contributed by atoms with Crippen molar-refractivity contribution in [1.29, 1.82) is 0 Å². The van der Waals surface area contributed by atoms with Crippen molar-refractivity contribution in [2.24, 2.45) is 0 Å². The lowest BCUT2D eigenvalue weighted by Gasteiger charge is -2.12. The number of alkyl halides is 3. The van der Waals surface area contributed by atoms with Gasteiger partial charge in [-0.25, -0.2) is 28.1 Å². The predicted molar refractivity (Wildman–Crippen MR) is 107 cm³/mol. The highest BCUT2D eigenvalue weighted by atomic mass is 32.2. The summed E-state index contributed by atoms with van der Waals surface area (Å²) in [6.07, 6.45) is 0.199. The van der Waals surface area contributed by atoms with Gasteiger partial charge in [0.2, 0.25) is 0 Å². The highest BCUT2D eigenvalue weighted by Gasteiger charge is 2.30. The first-order valence-corrected chi connectivity index (χ1v) is 10.9. The molecular formula is C19H19F3N6O2S. The number of fused-ring (bicyclic) bond motifs is 1. The van der Waals surface area contributed by atoms with E-state index in [1.54, 1.807) is 12.3 Å². The highest BCUT2D eigenvalue weighted by molar-refractivity contribution is 7.89. The Labute approximate surface area is 176 Å². The summed E-state index contributed by atoms with van der Waals surface area (Å²) in [5.74, 6) is 1.09. The van der Waals surface area contributed by atoms with Crippen LogP contribution in [0.15, 0.2) is 41.7 Å². The first-order valence-electron chi connectivity index (χ1n) is 9.44. The van der Waals surface area contributed by atoms with Crippen LogP contribution in [0.1, 0.15) is 23.4 Å². The molecule has 4 rings (SSSR count). The molecule has 8 nitrogen and oxygen atoms in total. The maximum atomic E-state index is 13.0. The van der Waals surface area contributed by atoms with E-state index >= 15 is 0 Å². The number of aryl methyl sites for hydroxylation is 2. The molecule has 1 aromatic carbocycles. The van der Waals surface area contributed by atoms with Gasteiger partial charge >= 0.3 is 6.18 Å². The summed E-state index contributed by atoms with van der Waals surface area (Å²) in [7, 11) is -2.57. The lowest BCUT2D eigenvalue weighted by Crippen LogP contribution is -2.20. The summed E-state index contributed by atoms with van der Waals surface area (Å²) in [6.45, 7) is 0.842. The van der Waals surface area contributed by atoms with Gasteiger partial charge in [-0.2, -0.15) is 13.2 Å². The van der Waals surface area contributed by atoms with E-state index in [1.165, 1.54) is 13.1 Å². The number of aromatic nitrogens is 4. The SMILES string of the molecule is CNS(=O)(=O)c1cnc(NCc2cccc(C(F)(F)F)c2)c(-c2cn3c(n2)CCC3)n1. The number of nitrogens with one attached hydrogen (secondary N) is 2. The molecule has 0 atom stereocenters. The van der Waals surface area contributed by atoms with E-state index in [2.05, 4.69) is 25.0 Å². The monoisotopic (exact) mass is 452 g/mol. The minimum Gasteiger partial charge on any atom is -0.364 e. The summed E-state index contributed by atoms with van der Waals surface area (Å²) in [5, 5.41) is 2.69. The molecule has 0 bridgehead atoms. The summed E-state index contributed by atoms with van der Waals surface area (Å²) < 4.78 is 67.4. The Balaban J connectivity index is 1.68. The molecule has 0 spiro atoms. The van der Waals surface area contributed by atoms with Crippen molar-refractivity contribution < 1.29 is 21.6 Å². The van der Waals surface area contributed by atoms with Crippen molar-refractivity contribution in [3.63, 3.8) is 0 Å². The normalized spacial score (nSPS) is 13.9. The Hall–Kier alpha value is -2.99. The van der Waals surface area contributed by atoms with Crippen molar-refractivity contribution in [3.05, 3.63) is 53.6 Å². The molecule has 1 aliphatic rings. The fourth-order valence-corrected chi connectivity index (χ4v) is 3.94. The quantitative estimate of drug-likeness (QED) is 0.597. The maximum Gasteiger partial charge on any atom is 0.416 e. The van der Waals surface area contributed by atoms with Crippen molar-refractivity contribution in [2.45, 2.75) is 37.1 Å². The van der Waals surface area contributed by atoms with Crippen LogP contribution in [0, 0.1) is 0 Å². The second-order valence-electron chi connectivity index (χ2n) is 7.00. The van der Waals surface area contributed by atoms with Crippen LogP contribution in [0.2, 0.25) is 0 Å². The topological polar surface area (TPSA) is 102 Å². The molecule has 1 aliphatic heterocycles. The third kappa shape index (κ3) is 4.39. The predicted octanol–water partition coefficient (Wildman–Crippen LogP) is 2.83. The lowest BCUT2D eigenvalue weighted by molar-refractivity contribution is -0.137. The Morgan fingerprint density at radius 1 is 1.23 bits per heavy atom. The zero-order valence-electron chi connectivity index (χ0n) is 16.4. The molecule has 2 N–H and O–H groups in total. The van der Waals surface area contributed by atoms with Gasteiger partial charge < -0.3 is 9.88 Å². The Bertz CT molecular complexity index is 1200. The van der Waals surface area contributed by atoms with Crippen LogP contribution in [-0.2, 0) is 35.7 Å². The molecular weight excluding hydrogens is 433 g/mol. The van der Waals surface area contributed by atoms with E-state index in [-0.39, 0.29) is 23.1 Å². The van der Waals surface area contributed by atoms with Crippen LogP contribution in [-0.4, -0.2) is 35.0 Å². The molecule has 0 saturated heterocycles. The molecule has 2 aromatic heterocycles. The lowest BCUT2D eigenvalue weighted by atomic mass is 10.1. The molecule has 31 heavy (non-hydrogen) atoms. The van der Waals surface area contributed by atoms with Crippen molar-refractivity contribution >= 4 is 15.8 Å². The van der Waals surface area contributed by atoms with E-state index in [0.29, 0.717) is 11.3 Å². The number of rotatable bonds is 6. The Morgan fingerprint density at radius 3 is 2.74 bits per heavy atom. The number of benzene rings is 1. The van der Waals surface area contributed by atoms with Gasteiger partial charge in [-0.1, -0.05) is 12.1 Å². The van der Waals surface area contributed by atoms with E-state index in [0.717, 1.165) is 43.5 Å². The number of hydrogen-bond donors (Lipinski definition) is 2. The molecule has 164 valence electrons. The molecule has 0 amide bonds. The summed E-state index contributed by atoms with van der Waals surface area (Å²) in [5.41, 5.74) is 0.299.